The number of ether oxygens (including phenoxy) is 2. The molecule has 2 aromatic heterocycles. The number of carbonyl (C=O) groups is 1. The van der Waals surface area contributed by atoms with Crippen molar-refractivity contribution in [3.8, 4) is 22.1 Å². The van der Waals surface area contributed by atoms with Crippen LogP contribution in [0.3, 0.4) is 0 Å². The average Bonchev–Trinajstić information content (AvgIpc) is 3.50. The third kappa shape index (κ3) is 4.94. The van der Waals surface area contributed by atoms with Crippen LogP contribution in [0.15, 0.2) is 64.6 Å². The zero-order valence-electron chi connectivity index (χ0n) is 16.9. The van der Waals surface area contributed by atoms with Crippen molar-refractivity contribution in [3.63, 3.8) is 0 Å². The summed E-state index contributed by atoms with van der Waals surface area (Å²) in [5.74, 6) is 0.00844. The Hall–Kier alpha value is -3.72. The number of carbonyl (C=O) groups excluding carboxylic acids is 1. The van der Waals surface area contributed by atoms with Gasteiger partial charge < -0.3 is 19.2 Å². The lowest BCUT2D eigenvalue weighted by atomic mass is 10.2. The van der Waals surface area contributed by atoms with E-state index in [2.05, 4.69) is 10.3 Å². The standard InChI is InChI=1S/C23H18F2N2O4S/c1-29-21-10-14(4-7-20(21)31-12-15-9-16(24)5-6-18(15)25)23-27-19(13-32-23)22(28)26-11-17-3-2-8-30-17/h2-10,13H,11-12H2,1H3,(H,26,28). The molecule has 4 aromatic rings. The van der Waals surface area contributed by atoms with Gasteiger partial charge in [0.15, 0.2) is 11.5 Å². The smallest absolute Gasteiger partial charge is 0.271 e. The van der Waals surface area contributed by atoms with Crippen LogP contribution in [0.4, 0.5) is 8.78 Å². The van der Waals surface area contributed by atoms with Crippen molar-refractivity contribution >= 4 is 17.2 Å². The van der Waals surface area contributed by atoms with Crippen LogP contribution in [0.5, 0.6) is 11.5 Å². The Morgan fingerprint density at radius 2 is 2.03 bits per heavy atom. The summed E-state index contributed by atoms with van der Waals surface area (Å²) >= 11 is 1.31. The van der Waals surface area contributed by atoms with E-state index >= 15 is 0 Å². The predicted octanol–water partition coefficient (Wildman–Crippen LogP) is 5.20. The number of rotatable bonds is 8. The monoisotopic (exact) mass is 456 g/mol. The maximum Gasteiger partial charge on any atom is 0.271 e. The Morgan fingerprint density at radius 1 is 1.16 bits per heavy atom. The number of halogens is 2. The zero-order valence-corrected chi connectivity index (χ0v) is 17.7. The molecule has 9 heteroatoms. The average molecular weight is 456 g/mol. The molecule has 0 radical (unpaired) electrons. The van der Waals surface area contributed by atoms with E-state index in [1.54, 1.807) is 35.7 Å². The lowest BCUT2D eigenvalue weighted by molar-refractivity contribution is 0.0944. The van der Waals surface area contributed by atoms with Gasteiger partial charge in [0.1, 0.15) is 34.7 Å². The van der Waals surface area contributed by atoms with Gasteiger partial charge in [-0.15, -0.1) is 11.3 Å². The minimum absolute atomic E-state index is 0.0984. The molecule has 0 fully saturated rings. The lowest BCUT2D eigenvalue weighted by Crippen LogP contribution is -2.22. The van der Waals surface area contributed by atoms with Gasteiger partial charge in [-0.1, -0.05) is 0 Å². The number of hydrogen-bond donors (Lipinski definition) is 1. The molecule has 0 atom stereocenters. The van der Waals surface area contributed by atoms with Crippen molar-refractivity contribution in [1.82, 2.24) is 10.3 Å². The van der Waals surface area contributed by atoms with E-state index < -0.39 is 11.6 Å². The molecule has 32 heavy (non-hydrogen) atoms. The molecule has 0 aliphatic heterocycles. The van der Waals surface area contributed by atoms with Crippen molar-refractivity contribution in [1.29, 1.82) is 0 Å². The summed E-state index contributed by atoms with van der Waals surface area (Å²) in [6, 6.07) is 11.8. The van der Waals surface area contributed by atoms with Gasteiger partial charge in [-0.25, -0.2) is 13.8 Å². The van der Waals surface area contributed by atoms with E-state index in [4.69, 9.17) is 13.9 Å². The van der Waals surface area contributed by atoms with E-state index in [-0.39, 0.29) is 30.3 Å². The minimum atomic E-state index is -0.553. The predicted molar refractivity (Wildman–Crippen MR) is 115 cm³/mol. The second-order valence-corrected chi connectivity index (χ2v) is 7.55. The van der Waals surface area contributed by atoms with Crippen molar-refractivity contribution in [3.05, 3.63) is 88.8 Å². The van der Waals surface area contributed by atoms with Crippen molar-refractivity contribution in [2.45, 2.75) is 13.2 Å². The molecule has 0 saturated carbocycles. The topological polar surface area (TPSA) is 73.6 Å². The van der Waals surface area contributed by atoms with E-state index in [1.165, 1.54) is 24.7 Å². The summed E-state index contributed by atoms with van der Waals surface area (Å²) in [5.41, 5.74) is 1.11. The van der Waals surface area contributed by atoms with Crippen molar-refractivity contribution in [2.24, 2.45) is 0 Å². The normalized spacial score (nSPS) is 10.7. The third-order valence-electron chi connectivity index (χ3n) is 4.54. The Bertz CT molecular complexity index is 1220. The van der Waals surface area contributed by atoms with Crippen LogP contribution in [0, 0.1) is 11.6 Å². The van der Waals surface area contributed by atoms with Crippen LogP contribution in [0.1, 0.15) is 21.8 Å². The summed E-state index contributed by atoms with van der Waals surface area (Å²) in [7, 11) is 1.48. The number of nitrogens with zero attached hydrogens (tertiary/aromatic N) is 1. The van der Waals surface area contributed by atoms with E-state index in [0.29, 0.717) is 22.3 Å². The first kappa shape index (κ1) is 21.5. The van der Waals surface area contributed by atoms with Gasteiger partial charge >= 0.3 is 0 Å². The molecule has 4 rings (SSSR count). The fourth-order valence-corrected chi connectivity index (χ4v) is 3.71. The number of methoxy groups -OCH3 is 1. The number of aromatic nitrogens is 1. The zero-order chi connectivity index (χ0) is 22.5. The van der Waals surface area contributed by atoms with Gasteiger partial charge in [0.25, 0.3) is 5.91 Å². The first-order valence-corrected chi connectivity index (χ1v) is 10.4. The van der Waals surface area contributed by atoms with E-state index in [1.807, 2.05) is 0 Å². The fraction of sp³-hybridized carbons (Fsp3) is 0.130. The second kappa shape index (κ2) is 9.61. The molecule has 0 bridgehead atoms. The highest BCUT2D eigenvalue weighted by Gasteiger charge is 2.15. The molecule has 6 nitrogen and oxygen atoms in total. The van der Waals surface area contributed by atoms with E-state index in [9.17, 15) is 13.6 Å². The van der Waals surface area contributed by atoms with Crippen LogP contribution in [-0.2, 0) is 13.2 Å². The maximum absolute atomic E-state index is 13.8. The number of benzene rings is 2. The molecule has 0 aliphatic rings. The SMILES string of the molecule is COc1cc(-c2nc(C(=O)NCc3ccco3)cs2)ccc1OCc1cc(F)ccc1F. The molecule has 0 aliphatic carbocycles. The first-order valence-electron chi connectivity index (χ1n) is 9.54. The Morgan fingerprint density at radius 3 is 2.81 bits per heavy atom. The van der Waals surface area contributed by atoms with Crippen LogP contribution in [0.2, 0.25) is 0 Å². The largest absolute Gasteiger partial charge is 0.493 e. The highest BCUT2D eigenvalue weighted by atomic mass is 32.1. The summed E-state index contributed by atoms with van der Waals surface area (Å²) < 4.78 is 43.4. The first-order chi connectivity index (χ1) is 15.5. The molecule has 0 saturated heterocycles. The molecule has 164 valence electrons. The van der Waals surface area contributed by atoms with Crippen molar-refractivity contribution < 1.29 is 27.5 Å². The molecule has 0 spiro atoms. The highest BCUT2D eigenvalue weighted by molar-refractivity contribution is 7.13. The number of nitrogens with one attached hydrogen (secondary N) is 1. The van der Waals surface area contributed by atoms with Gasteiger partial charge in [-0.3, -0.25) is 4.79 Å². The summed E-state index contributed by atoms with van der Waals surface area (Å²) in [4.78, 5) is 16.7. The van der Waals surface area contributed by atoms with Gasteiger partial charge in [-0.2, -0.15) is 0 Å². The molecule has 0 unspecified atom stereocenters. The van der Waals surface area contributed by atoms with Gasteiger partial charge in [-0.05, 0) is 48.5 Å². The Labute approximate surface area is 186 Å². The summed E-state index contributed by atoms with van der Waals surface area (Å²) in [6.45, 7) is 0.112. The maximum atomic E-state index is 13.8. The fourth-order valence-electron chi connectivity index (χ4n) is 2.91. The molecular weight excluding hydrogens is 438 g/mol. The third-order valence-corrected chi connectivity index (χ3v) is 5.43. The quantitative estimate of drug-likeness (QED) is 0.395. The second-order valence-electron chi connectivity index (χ2n) is 6.69. The number of furan rings is 1. The van der Waals surface area contributed by atoms with Gasteiger partial charge in [0.05, 0.1) is 19.9 Å². The molecule has 2 heterocycles. The van der Waals surface area contributed by atoms with Crippen LogP contribution >= 0.6 is 11.3 Å². The number of thiazole rings is 1. The molecule has 1 N–H and O–H groups in total. The van der Waals surface area contributed by atoms with Gasteiger partial charge in [0.2, 0.25) is 0 Å². The van der Waals surface area contributed by atoms with E-state index in [0.717, 1.165) is 23.8 Å². The van der Waals surface area contributed by atoms with Gasteiger partial charge in [0, 0.05) is 16.5 Å². The highest BCUT2D eigenvalue weighted by Crippen LogP contribution is 2.34. The molecule has 2 aromatic carbocycles. The van der Waals surface area contributed by atoms with Crippen molar-refractivity contribution in [2.75, 3.05) is 7.11 Å². The van der Waals surface area contributed by atoms with Crippen LogP contribution < -0.4 is 14.8 Å². The lowest BCUT2D eigenvalue weighted by Gasteiger charge is -2.12. The number of hydrogen-bond acceptors (Lipinski definition) is 6. The van der Waals surface area contributed by atoms with Crippen LogP contribution in [-0.4, -0.2) is 18.0 Å². The Kier molecular flexibility index (Phi) is 6.46. The number of amides is 1. The molecular formula is C23H18F2N2O4S. The minimum Gasteiger partial charge on any atom is -0.493 e. The Balaban J connectivity index is 1.45. The van der Waals surface area contributed by atoms with Crippen LogP contribution in [0.25, 0.3) is 10.6 Å². The summed E-state index contributed by atoms with van der Waals surface area (Å²) in [6.07, 6.45) is 1.54. The summed E-state index contributed by atoms with van der Waals surface area (Å²) in [5, 5.41) is 5.03. The molecule has 1 amide bonds.